The Bertz CT molecular complexity index is 347. The fourth-order valence-corrected chi connectivity index (χ4v) is 1.66. The average molecular weight is 224 g/mol. The van der Waals surface area contributed by atoms with Gasteiger partial charge in [0, 0.05) is 0 Å². The van der Waals surface area contributed by atoms with Crippen molar-refractivity contribution in [3.63, 3.8) is 0 Å². The van der Waals surface area contributed by atoms with Crippen molar-refractivity contribution in [1.82, 2.24) is 0 Å². The second kappa shape index (κ2) is 5.32. The molecule has 1 aromatic carbocycles. The van der Waals surface area contributed by atoms with Gasteiger partial charge in [0.05, 0.1) is 13.2 Å². The van der Waals surface area contributed by atoms with Crippen LogP contribution in [0.2, 0.25) is 0 Å². The first kappa shape index (κ1) is 13.0. The highest BCUT2D eigenvalue weighted by Gasteiger charge is 2.22. The van der Waals surface area contributed by atoms with Crippen LogP contribution in [-0.2, 0) is 0 Å². The Morgan fingerprint density at radius 2 is 1.81 bits per heavy atom. The van der Waals surface area contributed by atoms with E-state index in [0.29, 0.717) is 0 Å². The van der Waals surface area contributed by atoms with Gasteiger partial charge in [-0.15, -0.1) is 0 Å². The Hall–Kier alpha value is -1.06. The molecular formula is C13H20O3. The van der Waals surface area contributed by atoms with Crippen LogP contribution in [0, 0.1) is 12.8 Å². The van der Waals surface area contributed by atoms with Gasteiger partial charge in [-0.2, -0.15) is 0 Å². The molecule has 16 heavy (non-hydrogen) atoms. The Kier molecular flexibility index (Phi) is 4.33. The van der Waals surface area contributed by atoms with E-state index in [1.54, 1.807) is 19.2 Å². The molecule has 0 saturated carbocycles. The molecule has 0 radical (unpaired) electrons. The van der Waals surface area contributed by atoms with Gasteiger partial charge in [0.15, 0.2) is 0 Å². The number of rotatable bonds is 4. The summed E-state index contributed by atoms with van der Waals surface area (Å²) in [6.45, 7) is 5.66. The average Bonchev–Trinajstić information content (AvgIpc) is 2.26. The maximum atomic E-state index is 10.0. The molecule has 1 aromatic rings. The second-order valence-electron chi connectivity index (χ2n) is 4.40. The third-order valence-corrected chi connectivity index (χ3v) is 2.80. The molecule has 0 aliphatic carbocycles. The molecule has 2 N–H and O–H groups in total. The lowest BCUT2D eigenvalue weighted by molar-refractivity contribution is -0.00973. The van der Waals surface area contributed by atoms with Crippen LogP contribution in [0.15, 0.2) is 18.2 Å². The predicted molar refractivity (Wildman–Crippen MR) is 63.5 cm³/mol. The van der Waals surface area contributed by atoms with E-state index in [0.717, 1.165) is 16.9 Å². The number of methoxy groups -OCH3 is 1. The van der Waals surface area contributed by atoms with Crippen LogP contribution < -0.4 is 4.74 Å². The van der Waals surface area contributed by atoms with Crippen LogP contribution in [0.4, 0.5) is 0 Å². The Morgan fingerprint density at radius 3 is 2.25 bits per heavy atom. The fraction of sp³-hybridized carbons (Fsp3) is 0.538. The molecule has 0 aromatic heterocycles. The van der Waals surface area contributed by atoms with Crippen molar-refractivity contribution >= 4 is 0 Å². The van der Waals surface area contributed by atoms with Crippen LogP contribution in [0.25, 0.3) is 0 Å². The van der Waals surface area contributed by atoms with Crippen molar-refractivity contribution in [3.05, 3.63) is 29.3 Å². The predicted octanol–water partition coefficient (Wildman–Crippen LogP) is 2.05. The number of benzene rings is 1. The van der Waals surface area contributed by atoms with Crippen LogP contribution >= 0.6 is 0 Å². The summed E-state index contributed by atoms with van der Waals surface area (Å²) in [5.41, 5.74) is 1.67. The van der Waals surface area contributed by atoms with E-state index in [-0.39, 0.29) is 5.92 Å². The third-order valence-electron chi connectivity index (χ3n) is 2.80. The number of ether oxygens (including phenoxy) is 1. The van der Waals surface area contributed by atoms with Gasteiger partial charge < -0.3 is 14.9 Å². The van der Waals surface area contributed by atoms with Gasteiger partial charge >= 0.3 is 0 Å². The van der Waals surface area contributed by atoms with E-state index in [1.807, 2.05) is 26.8 Å². The summed E-state index contributed by atoms with van der Waals surface area (Å²) in [4.78, 5) is 0. The van der Waals surface area contributed by atoms with E-state index < -0.39 is 12.2 Å². The monoisotopic (exact) mass is 224 g/mol. The highest BCUT2D eigenvalue weighted by Crippen LogP contribution is 2.27. The standard InChI is InChI=1S/C13H20O3/c1-8(2)12(14)13(15)11-6-5-10(16-4)7-9(11)3/h5-8,12-15H,1-4H3. The van der Waals surface area contributed by atoms with E-state index in [2.05, 4.69) is 0 Å². The summed E-state index contributed by atoms with van der Waals surface area (Å²) in [6, 6.07) is 5.44. The van der Waals surface area contributed by atoms with Crippen molar-refractivity contribution in [2.24, 2.45) is 5.92 Å². The molecule has 0 saturated heterocycles. The zero-order chi connectivity index (χ0) is 12.3. The molecule has 3 heteroatoms. The summed E-state index contributed by atoms with van der Waals surface area (Å²) >= 11 is 0. The zero-order valence-corrected chi connectivity index (χ0v) is 10.3. The fourth-order valence-electron chi connectivity index (χ4n) is 1.66. The zero-order valence-electron chi connectivity index (χ0n) is 10.3. The minimum Gasteiger partial charge on any atom is -0.497 e. The normalized spacial score (nSPS) is 14.9. The van der Waals surface area contributed by atoms with Gasteiger partial charge in [-0.25, -0.2) is 0 Å². The number of aliphatic hydroxyl groups excluding tert-OH is 2. The number of hydrogen-bond acceptors (Lipinski definition) is 3. The highest BCUT2D eigenvalue weighted by molar-refractivity contribution is 5.36. The Labute approximate surface area is 96.7 Å². The van der Waals surface area contributed by atoms with Crippen molar-refractivity contribution < 1.29 is 14.9 Å². The van der Waals surface area contributed by atoms with E-state index in [4.69, 9.17) is 4.74 Å². The summed E-state index contributed by atoms with van der Waals surface area (Å²) in [6.07, 6.45) is -1.59. The lowest BCUT2D eigenvalue weighted by Gasteiger charge is -2.23. The SMILES string of the molecule is COc1ccc(C(O)C(O)C(C)C)c(C)c1. The van der Waals surface area contributed by atoms with Crippen molar-refractivity contribution in [2.75, 3.05) is 7.11 Å². The van der Waals surface area contributed by atoms with Crippen LogP contribution in [-0.4, -0.2) is 23.4 Å². The first-order valence-corrected chi connectivity index (χ1v) is 5.48. The van der Waals surface area contributed by atoms with Gasteiger partial charge in [0.2, 0.25) is 0 Å². The molecule has 2 atom stereocenters. The summed E-state index contributed by atoms with van der Waals surface area (Å²) in [5.74, 6) is 0.781. The van der Waals surface area contributed by atoms with E-state index in [9.17, 15) is 10.2 Å². The first-order chi connectivity index (χ1) is 7.47. The van der Waals surface area contributed by atoms with Crippen molar-refractivity contribution in [3.8, 4) is 5.75 Å². The highest BCUT2D eigenvalue weighted by atomic mass is 16.5. The van der Waals surface area contributed by atoms with Crippen LogP contribution in [0.5, 0.6) is 5.75 Å². The van der Waals surface area contributed by atoms with Crippen molar-refractivity contribution in [1.29, 1.82) is 0 Å². The molecule has 0 aliphatic heterocycles. The molecule has 0 aliphatic rings. The number of hydrogen-bond donors (Lipinski definition) is 2. The van der Waals surface area contributed by atoms with Crippen LogP contribution in [0.1, 0.15) is 31.1 Å². The lowest BCUT2D eigenvalue weighted by atomic mass is 9.93. The van der Waals surface area contributed by atoms with Gasteiger partial charge in [0.25, 0.3) is 0 Å². The lowest BCUT2D eigenvalue weighted by Crippen LogP contribution is -2.24. The summed E-state index contributed by atoms with van der Waals surface area (Å²) < 4.78 is 5.09. The van der Waals surface area contributed by atoms with E-state index in [1.165, 1.54) is 0 Å². The molecule has 90 valence electrons. The van der Waals surface area contributed by atoms with Gasteiger partial charge in [0.1, 0.15) is 11.9 Å². The number of aryl methyl sites for hydroxylation is 1. The molecule has 3 nitrogen and oxygen atoms in total. The summed E-state index contributed by atoms with van der Waals surface area (Å²) in [5, 5.41) is 19.8. The van der Waals surface area contributed by atoms with E-state index >= 15 is 0 Å². The molecule has 0 spiro atoms. The first-order valence-electron chi connectivity index (χ1n) is 5.48. The topological polar surface area (TPSA) is 49.7 Å². The number of aliphatic hydroxyl groups is 2. The van der Waals surface area contributed by atoms with Crippen molar-refractivity contribution in [2.45, 2.75) is 33.0 Å². The van der Waals surface area contributed by atoms with Gasteiger partial charge in [-0.3, -0.25) is 0 Å². The maximum absolute atomic E-state index is 10.0. The quantitative estimate of drug-likeness (QED) is 0.823. The Morgan fingerprint density at radius 1 is 1.19 bits per heavy atom. The minimum atomic E-state index is -0.842. The third kappa shape index (κ3) is 2.74. The molecule has 0 amide bonds. The molecule has 2 unspecified atom stereocenters. The maximum Gasteiger partial charge on any atom is 0.119 e. The van der Waals surface area contributed by atoms with Gasteiger partial charge in [-0.05, 0) is 36.1 Å². The molecule has 0 heterocycles. The molecule has 0 bridgehead atoms. The molecular weight excluding hydrogens is 204 g/mol. The molecule has 0 fully saturated rings. The second-order valence-corrected chi connectivity index (χ2v) is 4.40. The smallest absolute Gasteiger partial charge is 0.119 e. The Balaban J connectivity index is 2.96. The summed E-state index contributed by atoms with van der Waals surface area (Å²) in [7, 11) is 1.60. The minimum absolute atomic E-state index is 0.0245. The van der Waals surface area contributed by atoms with Gasteiger partial charge in [-0.1, -0.05) is 19.9 Å². The largest absolute Gasteiger partial charge is 0.497 e. The molecule has 1 rings (SSSR count). The van der Waals surface area contributed by atoms with Crippen LogP contribution in [0.3, 0.4) is 0 Å².